The molecule has 1 aromatic heterocycles. The first-order valence-electron chi connectivity index (χ1n) is 5.48. The van der Waals surface area contributed by atoms with Gasteiger partial charge in [0.1, 0.15) is 4.99 Å². The number of thiocarbonyl (C=S) groups is 1. The summed E-state index contributed by atoms with van der Waals surface area (Å²) in [5.74, 6) is 0.549. The Morgan fingerprint density at radius 3 is 2.88 bits per heavy atom. The molecule has 16 heavy (non-hydrogen) atoms. The van der Waals surface area contributed by atoms with Gasteiger partial charge in [-0.1, -0.05) is 25.6 Å². The summed E-state index contributed by atoms with van der Waals surface area (Å²) in [6.45, 7) is 6.10. The van der Waals surface area contributed by atoms with Crippen molar-refractivity contribution in [3.8, 4) is 5.88 Å². The molecule has 1 atom stereocenters. The van der Waals surface area contributed by atoms with Gasteiger partial charge in [-0.05, 0) is 31.9 Å². The van der Waals surface area contributed by atoms with Crippen molar-refractivity contribution < 1.29 is 4.74 Å². The molecule has 0 amide bonds. The number of nitrogens with zero attached hydrogens (tertiary/aromatic N) is 1. The Morgan fingerprint density at radius 1 is 1.62 bits per heavy atom. The summed E-state index contributed by atoms with van der Waals surface area (Å²) in [7, 11) is 0. The summed E-state index contributed by atoms with van der Waals surface area (Å²) in [5.41, 5.74) is 7.43. The van der Waals surface area contributed by atoms with Gasteiger partial charge >= 0.3 is 0 Å². The second-order valence-corrected chi connectivity index (χ2v) is 4.33. The van der Waals surface area contributed by atoms with E-state index < -0.39 is 0 Å². The number of aromatic nitrogens is 1. The SMILES string of the molecule is CCCC(C)Oc1nccc(C)c1C(N)=S. The standard InChI is InChI=1S/C12H18N2OS/c1-4-5-9(3)15-12-10(11(13)16)8(2)6-7-14-12/h6-7,9H,4-5H2,1-3H3,(H2,13,16). The van der Waals surface area contributed by atoms with Crippen molar-refractivity contribution in [2.45, 2.75) is 39.7 Å². The van der Waals surface area contributed by atoms with Crippen LogP contribution in [0.4, 0.5) is 0 Å². The highest BCUT2D eigenvalue weighted by Gasteiger charge is 2.13. The van der Waals surface area contributed by atoms with Crippen molar-refractivity contribution in [1.82, 2.24) is 4.98 Å². The van der Waals surface area contributed by atoms with Crippen LogP contribution in [-0.2, 0) is 0 Å². The monoisotopic (exact) mass is 238 g/mol. The van der Waals surface area contributed by atoms with Crippen LogP contribution in [0.15, 0.2) is 12.3 Å². The van der Waals surface area contributed by atoms with Gasteiger partial charge < -0.3 is 10.5 Å². The first-order chi connectivity index (χ1) is 7.56. The van der Waals surface area contributed by atoms with Gasteiger partial charge in [0.05, 0.1) is 11.7 Å². The third-order valence-corrected chi connectivity index (χ3v) is 2.58. The van der Waals surface area contributed by atoms with E-state index in [9.17, 15) is 0 Å². The third kappa shape index (κ3) is 3.17. The van der Waals surface area contributed by atoms with Crippen LogP contribution in [0.3, 0.4) is 0 Å². The van der Waals surface area contributed by atoms with Gasteiger partial charge in [0.2, 0.25) is 5.88 Å². The van der Waals surface area contributed by atoms with E-state index in [2.05, 4.69) is 11.9 Å². The lowest BCUT2D eigenvalue weighted by molar-refractivity contribution is 0.201. The highest BCUT2D eigenvalue weighted by Crippen LogP contribution is 2.20. The molecule has 0 aromatic carbocycles. The van der Waals surface area contributed by atoms with Crippen molar-refractivity contribution in [1.29, 1.82) is 0 Å². The molecule has 0 spiro atoms. The number of pyridine rings is 1. The molecule has 88 valence electrons. The molecule has 0 aliphatic rings. The number of nitrogens with two attached hydrogens (primary N) is 1. The molecule has 0 aliphatic carbocycles. The molecule has 0 radical (unpaired) electrons. The second kappa shape index (κ2) is 5.80. The molecular formula is C12H18N2OS. The fraction of sp³-hybridized carbons (Fsp3) is 0.500. The van der Waals surface area contributed by atoms with Crippen LogP contribution in [0.1, 0.15) is 37.8 Å². The van der Waals surface area contributed by atoms with Crippen molar-refractivity contribution in [3.63, 3.8) is 0 Å². The Labute approximate surface area is 102 Å². The quantitative estimate of drug-likeness (QED) is 0.801. The van der Waals surface area contributed by atoms with Gasteiger partial charge in [0, 0.05) is 6.20 Å². The molecule has 0 bridgehead atoms. The van der Waals surface area contributed by atoms with E-state index in [-0.39, 0.29) is 6.10 Å². The molecule has 4 heteroatoms. The highest BCUT2D eigenvalue weighted by atomic mass is 32.1. The fourth-order valence-electron chi connectivity index (χ4n) is 1.58. The maximum absolute atomic E-state index is 5.75. The van der Waals surface area contributed by atoms with Crippen LogP contribution in [-0.4, -0.2) is 16.1 Å². The molecule has 1 rings (SSSR count). The average Bonchev–Trinajstić information content (AvgIpc) is 2.17. The van der Waals surface area contributed by atoms with Gasteiger partial charge in [-0.15, -0.1) is 0 Å². The van der Waals surface area contributed by atoms with Crippen LogP contribution in [0, 0.1) is 6.92 Å². The maximum Gasteiger partial charge on any atom is 0.224 e. The molecule has 0 aliphatic heterocycles. The van der Waals surface area contributed by atoms with Crippen LogP contribution < -0.4 is 10.5 Å². The molecule has 0 saturated heterocycles. The van der Waals surface area contributed by atoms with E-state index in [1.165, 1.54) is 0 Å². The zero-order valence-corrected chi connectivity index (χ0v) is 10.8. The minimum absolute atomic E-state index is 0.132. The van der Waals surface area contributed by atoms with E-state index >= 15 is 0 Å². The zero-order chi connectivity index (χ0) is 12.1. The van der Waals surface area contributed by atoms with Crippen LogP contribution in [0.2, 0.25) is 0 Å². The minimum Gasteiger partial charge on any atom is -0.474 e. The Kier molecular flexibility index (Phi) is 4.68. The van der Waals surface area contributed by atoms with Crippen LogP contribution in [0.5, 0.6) is 5.88 Å². The van der Waals surface area contributed by atoms with E-state index in [1.807, 2.05) is 19.9 Å². The Balaban J connectivity index is 2.95. The molecule has 2 N–H and O–H groups in total. The van der Waals surface area contributed by atoms with Gasteiger partial charge in [0.15, 0.2) is 0 Å². The lowest BCUT2D eigenvalue weighted by Crippen LogP contribution is -2.18. The summed E-state index contributed by atoms with van der Waals surface area (Å²) < 4.78 is 5.75. The molecule has 3 nitrogen and oxygen atoms in total. The Morgan fingerprint density at radius 2 is 2.31 bits per heavy atom. The number of ether oxygens (including phenoxy) is 1. The first-order valence-corrected chi connectivity index (χ1v) is 5.89. The van der Waals surface area contributed by atoms with E-state index in [1.54, 1.807) is 6.20 Å². The fourth-order valence-corrected chi connectivity index (χ4v) is 1.83. The largest absolute Gasteiger partial charge is 0.474 e. The van der Waals surface area contributed by atoms with Gasteiger partial charge in [-0.25, -0.2) is 4.98 Å². The van der Waals surface area contributed by atoms with Crippen LogP contribution >= 0.6 is 12.2 Å². The summed E-state index contributed by atoms with van der Waals surface area (Å²) in [6.07, 6.45) is 3.92. The van der Waals surface area contributed by atoms with E-state index in [4.69, 9.17) is 22.7 Å². The van der Waals surface area contributed by atoms with Crippen molar-refractivity contribution in [2.24, 2.45) is 5.73 Å². The predicted octanol–water partition coefficient (Wildman–Crippen LogP) is 2.59. The van der Waals surface area contributed by atoms with Crippen molar-refractivity contribution in [3.05, 3.63) is 23.4 Å². The summed E-state index contributed by atoms with van der Waals surface area (Å²) in [6, 6.07) is 1.88. The molecular weight excluding hydrogens is 220 g/mol. The van der Waals surface area contributed by atoms with Gasteiger partial charge in [0.25, 0.3) is 0 Å². The van der Waals surface area contributed by atoms with Gasteiger partial charge in [-0.2, -0.15) is 0 Å². The number of hydrogen-bond donors (Lipinski definition) is 1. The summed E-state index contributed by atoms with van der Waals surface area (Å²) in [4.78, 5) is 4.53. The second-order valence-electron chi connectivity index (χ2n) is 3.89. The minimum atomic E-state index is 0.132. The Bertz CT molecular complexity index is 379. The molecule has 1 heterocycles. The lowest BCUT2D eigenvalue weighted by atomic mass is 10.1. The number of rotatable bonds is 5. The summed E-state index contributed by atoms with van der Waals surface area (Å²) >= 11 is 5.01. The van der Waals surface area contributed by atoms with Crippen molar-refractivity contribution >= 4 is 17.2 Å². The zero-order valence-electron chi connectivity index (χ0n) is 9.99. The molecule has 0 saturated carbocycles. The smallest absolute Gasteiger partial charge is 0.224 e. The highest BCUT2D eigenvalue weighted by molar-refractivity contribution is 7.80. The summed E-state index contributed by atoms with van der Waals surface area (Å²) in [5, 5.41) is 0. The maximum atomic E-state index is 5.75. The topological polar surface area (TPSA) is 48.1 Å². The first kappa shape index (κ1) is 12.9. The molecule has 0 fully saturated rings. The lowest BCUT2D eigenvalue weighted by Gasteiger charge is -2.16. The Hall–Kier alpha value is -1.16. The van der Waals surface area contributed by atoms with Gasteiger partial charge in [-0.3, -0.25) is 0 Å². The molecule has 1 aromatic rings. The van der Waals surface area contributed by atoms with Crippen LogP contribution in [0.25, 0.3) is 0 Å². The number of aryl methyl sites for hydroxylation is 1. The third-order valence-electron chi connectivity index (χ3n) is 2.38. The molecule has 1 unspecified atom stereocenters. The predicted molar refractivity (Wildman–Crippen MR) is 69.9 cm³/mol. The normalized spacial score (nSPS) is 12.2. The van der Waals surface area contributed by atoms with E-state index in [0.717, 1.165) is 24.0 Å². The van der Waals surface area contributed by atoms with Crippen molar-refractivity contribution in [2.75, 3.05) is 0 Å². The number of hydrogen-bond acceptors (Lipinski definition) is 3. The van der Waals surface area contributed by atoms with E-state index in [0.29, 0.717) is 10.9 Å². The average molecular weight is 238 g/mol.